The lowest BCUT2D eigenvalue weighted by Gasteiger charge is -2.38. The molecule has 0 aliphatic carbocycles. The number of carbonyl (C=O) groups is 1. The number of alkyl halides is 3. The molecule has 1 aliphatic rings. The highest BCUT2D eigenvalue weighted by Crippen LogP contribution is 2.30. The normalized spacial score (nSPS) is 18.3. The lowest BCUT2D eigenvalue weighted by Crippen LogP contribution is -2.50. The maximum atomic E-state index is 13.0. The molecule has 3 rings (SSSR count). The molecule has 8 heteroatoms. The first kappa shape index (κ1) is 22.2. The molecule has 1 N–H and O–H groups in total. The lowest BCUT2D eigenvalue weighted by molar-refractivity contribution is -0.138. The van der Waals surface area contributed by atoms with E-state index in [0.717, 1.165) is 17.7 Å². The molecule has 1 aromatic carbocycles. The third-order valence-electron chi connectivity index (χ3n) is 4.81. The average Bonchev–Trinajstić information content (AvgIpc) is 2.67. The van der Waals surface area contributed by atoms with E-state index in [4.69, 9.17) is 0 Å². The highest BCUT2D eigenvalue weighted by Gasteiger charge is 2.32. The van der Waals surface area contributed by atoms with Gasteiger partial charge in [0.15, 0.2) is 0 Å². The zero-order chi connectivity index (χ0) is 19.4. The first-order valence-corrected chi connectivity index (χ1v) is 8.93. The number of carbonyl (C=O) groups excluding carboxylic acids is 1. The molecule has 0 radical (unpaired) electrons. The van der Waals surface area contributed by atoms with Crippen LogP contribution in [0.4, 0.5) is 13.2 Å². The Bertz CT molecular complexity index is 786. The summed E-state index contributed by atoms with van der Waals surface area (Å²) in [4.78, 5) is 19.0. The van der Waals surface area contributed by atoms with Crippen LogP contribution >= 0.6 is 12.4 Å². The number of rotatable bonds is 4. The summed E-state index contributed by atoms with van der Waals surface area (Å²) in [6.07, 6.45) is -0.683. The minimum absolute atomic E-state index is 0. The van der Waals surface area contributed by atoms with Gasteiger partial charge in [0.25, 0.3) is 0 Å². The van der Waals surface area contributed by atoms with Crippen molar-refractivity contribution < 1.29 is 18.0 Å². The fraction of sp³-hybridized carbons (Fsp3) is 0.400. The molecule has 1 saturated heterocycles. The van der Waals surface area contributed by atoms with Gasteiger partial charge in [0.2, 0.25) is 5.91 Å². The first-order valence-electron chi connectivity index (χ1n) is 8.93. The van der Waals surface area contributed by atoms with Crippen LogP contribution in [-0.4, -0.2) is 35.4 Å². The summed E-state index contributed by atoms with van der Waals surface area (Å²) in [5.74, 6) is -0.464. The van der Waals surface area contributed by atoms with E-state index >= 15 is 0 Å². The Labute approximate surface area is 168 Å². The zero-order valence-electron chi connectivity index (χ0n) is 15.4. The highest BCUT2D eigenvalue weighted by atomic mass is 35.5. The van der Waals surface area contributed by atoms with Crippen molar-refractivity contribution in [2.45, 2.75) is 25.6 Å². The number of aromatic nitrogens is 1. The summed E-state index contributed by atoms with van der Waals surface area (Å²) in [5, 5.41) is 3.28. The van der Waals surface area contributed by atoms with Gasteiger partial charge < -0.3 is 10.2 Å². The van der Waals surface area contributed by atoms with E-state index in [-0.39, 0.29) is 30.8 Å². The molecule has 1 aromatic heterocycles. The zero-order valence-corrected chi connectivity index (χ0v) is 16.3. The second-order valence-electron chi connectivity index (χ2n) is 6.84. The average molecular weight is 414 g/mol. The Hall–Kier alpha value is -2.12. The van der Waals surface area contributed by atoms with Crippen LogP contribution in [0.2, 0.25) is 0 Å². The molecule has 0 spiro atoms. The van der Waals surface area contributed by atoms with Gasteiger partial charge in [0.05, 0.1) is 11.6 Å². The molecule has 2 atom stereocenters. The van der Waals surface area contributed by atoms with Crippen molar-refractivity contribution in [2.24, 2.45) is 5.92 Å². The minimum Gasteiger partial charge on any atom is -0.333 e. The molecule has 4 nitrogen and oxygen atoms in total. The molecule has 1 aliphatic heterocycles. The molecular formula is C20H23ClF3N3O. The van der Waals surface area contributed by atoms with Gasteiger partial charge in [-0.3, -0.25) is 9.78 Å². The predicted molar refractivity (Wildman–Crippen MR) is 103 cm³/mol. The predicted octanol–water partition coefficient (Wildman–Crippen LogP) is 3.87. The van der Waals surface area contributed by atoms with Crippen molar-refractivity contribution >= 4 is 18.3 Å². The van der Waals surface area contributed by atoms with Crippen molar-refractivity contribution in [1.82, 2.24) is 15.2 Å². The molecular weight excluding hydrogens is 391 g/mol. The van der Waals surface area contributed by atoms with Crippen LogP contribution < -0.4 is 5.32 Å². The molecule has 2 unspecified atom stereocenters. The third-order valence-corrected chi connectivity index (χ3v) is 4.81. The van der Waals surface area contributed by atoms with Crippen molar-refractivity contribution in [2.75, 3.05) is 19.6 Å². The van der Waals surface area contributed by atoms with Gasteiger partial charge in [-0.25, -0.2) is 0 Å². The Kier molecular flexibility index (Phi) is 7.43. The van der Waals surface area contributed by atoms with E-state index in [9.17, 15) is 18.0 Å². The summed E-state index contributed by atoms with van der Waals surface area (Å²) in [6.45, 7) is 3.66. The largest absolute Gasteiger partial charge is 0.416 e. The smallest absolute Gasteiger partial charge is 0.333 e. The molecule has 1 fully saturated rings. The Balaban J connectivity index is 0.00000280. The van der Waals surface area contributed by atoms with Crippen molar-refractivity contribution in [3.8, 4) is 0 Å². The van der Waals surface area contributed by atoms with Gasteiger partial charge in [-0.05, 0) is 29.7 Å². The van der Waals surface area contributed by atoms with E-state index < -0.39 is 17.7 Å². The summed E-state index contributed by atoms with van der Waals surface area (Å²) < 4.78 is 38.7. The third kappa shape index (κ3) is 5.23. The summed E-state index contributed by atoms with van der Waals surface area (Å²) >= 11 is 0. The van der Waals surface area contributed by atoms with Gasteiger partial charge in [-0.15, -0.1) is 12.4 Å². The SMILES string of the molecule is CC(Cc1cccc(C(F)(F)F)c1)C(=O)N1CCNCC1c1cccnc1.Cl. The standard InChI is InChI=1S/C20H22F3N3O.ClH/c1-14(10-15-4-2-6-17(11-15)20(21,22)23)19(27)26-9-8-25-13-18(26)16-5-3-7-24-12-16;/h2-7,11-12,14,18,25H,8-10,13H2,1H3;1H. The molecule has 2 aromatic rings. The minimum atomic E-state index is -4.38. The van der Waals surface area contributed by atoms with E-state index in [2.05, 4.69) is 10.3 Å². The number of hydrogen-bond acceptors (Lipinski definition) is 3. The number of halogens is 4. The van der Waals surface area contributed by atoms with Gasteiger partial charge in [-0.2, -0.15) is 13.2 Å². The highest BCUT2D eigenvalue weighted by molar-refractivity contribution is 5.85. The van der Waals surface area contributed by atoms with Gasteiger partial charge >= 0.3 is 6.18 Å². The Morgan fingerprint density at radius 1 is 1.32 bits per heavy atom. The maximum Gasteiger partial charge on any atom is 0.416 e. The molecule has 28 heavy (non-hydrogen) atoms. The number of nitrogens with zero attached hydrogens (tertiary/aromatic N) is 2. The van der Waals surface area contributed by atoms with Crippen LogP contribution in [0.25, 0.3) is 0 Å². The number of piperazine rings is 1. The number of pyridine rings is 1. The van der Waals surface area contributed by atoms with Crippen molar-refractivity contribution in [1.29, 1.82) is 0 Å². The van der Waals surface area contributed by atoms with Crippen LogP contribution in [0.1, 0.15) is 29.7 Å². The number of nitrogens with one attached hydrogen (secondary N) is 1. The number of amides is 1. The van der Waals surface area contributed by atoms with E-state index in [1.165, 1.54) is 6.07 Å². The molecule has 1 amide bonds. The second-order valence-corrected chi connectivity index (χ2v) is 6.84. The van der Waals surface area contributed by atoms with Crippen LogP contribution in [0, 0.1) is 5.92 Å². The molecule has 152 valence electrons. The van der Waals surface area contributed by atoms with E-state index in [1.807, 2.05) is 17.0 Å². The van der Waals surface area contributed by atoms with Gasteiger partial charge in [0.1, 0.15) is 0 Å². The topological polar surface area (TPSA) is 45.2 Å². The van der Waals surface area contributed by atoms with Crippen LogP contribution in [-0.2, 0) is 17.4 Å². The summed E-state index contributed by atoms with van der Waals surface area (Å²) in [5.41, 5.74) is 0.776. The Morgan fingerprint density at radius 3 is 2.79 bits per heavy atom. The quantitative estimate of drug-likeness (QED) is 0.827. The molecule has 2 heterocycles. The van der Waals surface area contributed by atoms with E-state index in [0.29, 0.717) is 25.2 Å². The number of benzene rings is 1. The van der Waals surface area contributed by atoms with Crippen molar-refractivity contribution in [3.05, 3.63) is 65.5 Å². The lowest BCUT2D eigenvalue weighted by atomic mass is 9.96. The second kappa shape index (κ2) is 9.39. The van der Waals surface area contributed by atoms with Crippen LogP contribution in [0.15, 0.2) is 48.8 Å². The number of hydrogen-bond donors (Lipinski definition) is 1. The maximum absolute atomic E-state index is 13.0. The molecule has 0 saturated carbocycles. The first-order chi connectivity index (χ1) is 12.9. The summed E-state index contributed by atoms with van der Waals surface area (Å²) in [6, 6.07) is 8.84. The van der Waals surface area contributed by atoms with E-state index in [1.54, 1.807) is 25.4 Å². The molecule has 0 bridgehead atoms. The van der Waals surface area contributed by atoms with Gasteiger partial charge in [0, 0.05) is 37.9 Å². The monoisotopic (exact) mass is 413 g/mol. The Morgan fingerprint density at radius 2 is 2.11 bits per heavy atom. The van der Waals surface area contributed by atoms with Crippen LogP contribution in [0.3, 0.4) is 0 Å². The van der Waals surface area contributed by atoms with Crippen molar-refractivity contribution in [3.63, 3.8) is 0 Å². The van der Waals surface area contributed by atoms with Gasteiger partial charge in [-0.1, -0.05) is 31.2 Å². The fourth-order valence-electron chi connectivity index (χ4n) is 3.44. The summed E-state index contributed by atoms with van der Waals surface area (Å²) in [7, 11) is 0. The fourth-order valence-corrected chi connectivity index (χ4v) is 3.44. The van der Waals surface area contributed by atoms with Crippen LogP contribution in [0.5, 0.6) is 0 Å².